The van der Waals surface area contributed by atoms with Gasteiger partial charge in [0.1, 0.15) is 11.7 Å². The first-order valence-electron chi connectivity index (χ1n) is 10.2. The van der Waals surface area contributed by atoms with Gasteiger partial charge in [-0.25, -0.2) is 9.79 Å². The molecule has 3 aliphatic rings. The van der Waals surface area contributed by atoms with Crippen LogP contribution >= 0.6 is 0 Å². The molecule has 3 heterocycles. The fourth-order valence-electron chi connectivity index (χ4n) is 3.81. The van der Waals surface area contributed by atoms with E-state index in [-0.39, 0.29) is 6.03 Å². The number of nitrogens with zero attached hydrogens (tertiary/aromatic N) is 5. The molecule has 1 N–H and O–H groups in total. The quantitative estimate of drug-likeness (QED) is 0.874. The van der Waals surface area contributed by atoms with Crippen molar-refractivity contribution in [3.05, 3.63) is 41.7 Å². The molecule has 148 valence electrons. The molecule has 0 saturated carbocycles. The van der Waals surface area contributed by atoms with E-state index in [0.717, 1.165) is 55.4 Å². The second-order valence-corrected chi connectivity index (χ2v) is 7.36. The highest BCUT2D eigenvalue weighted by Gasteiger charge is 2.28. The standard InChI is InChI=1S/C21H28N6O/c1-3-16-7-5-6-8-18(16)24-21(28)26-11-9-25(10-12-26)19-13-20-23-17(4-2)14-27(20)15-22-19/h5-8,13,15,17H,3-4,9-12,14H2,1-2H3,(H,24,28)/t17-/m0/s1. The van der Waals surface area contributed by atoms with Crippen LogP contribution in [0, 0.1) is 0 Å². The number of piperazine rings is 1. The number of rotatable bonds is 4. The van der Waals surface area contributed by atoms with E-state index in [0.29, 0.717) is 19.1 Å². The summed E-state index contributed by atoms with van der Waals surface area (Å²) in [5.74, 6) is 1.95. The van der Waals surface area contributed by atoms with E-state index in [1.54, 1.807) is 0 Å². The molecule has 2 amide bonds. The third kappa shape index (κ3) is 3.74. The first-order valence-corrected chi connectivity index (χ1v) is 10.2. The lowest BCUT2D eigenvalue weighted by molar-refractivity contribution is 0.167. The first kappa shape index (κ1) is 18.5. The van der Waals surface area contributed by atoms with Gasteiger partial charge in [-0.05, 0) is 24.5 Å². The molecule has 0 aromatic heterocycles. The largest absolute Gasteiger partial charge is 0.353 e. The number of hydrogen-bond acceptors (Lipinski definition) is 5. The number of amides is 2. The predicted molar refractivity (Wildman–Crippen MR) is 113 cm³/mol. The highest BCUT2D eigenvalue weighted by Crippen LogP contribution is 2.20. The van der Waals surface area contributed by atoms with Crippen molar-refractivity contribution >= 4 is 23.9 Å². The van der Waals surface area contributed by atoms with Crippen molar-refractivity contribution in [3.8, 4) is 0 Å². The molecule has 28 heavy (non-hydrogen) atoms. The van der Waals surface area contributed by atoms with Gasteiger partial charge in [-0.15, -0.1) is 0 Å². The van der Waals surface area contributed by atoms with Crippen LogP contribution in [0.25, 0.3) is 0 Å². The van der Waals surface area contributed by atoms with Gasteiger partial charge in [0.2, 0.25) is 0 Å². The molecule has 3 aliphatic heterocycles. The van der Waals surface area contributed by atoms with Crippen molar-refractivity contribution in [1.82, 2.24) is 14.7 Å². The molecule has 0 spiro atoms. The van der Waals surface area contributed by atoms with E-state index in [9.17, 15) is 4.79 Å². The normalized spacial score (nSPS) is 21.4. The van der Waals surface area contributed by atoms with Crippen LogP contribution in [0.15, 0.2) is 46.1 Å². The Kier molecular flexibility index (Phi) is 5.32. The third-order valence-corrected chi connectivity index (χ3v) is 5.61. The average molecular weight is 380 g/mol. The fraction of sp³-hybridized carbons (Fsp3) is 0.476. The Bertz CT molecular complexity index is 822. The molecule has 1 fully saturated rings. The second kappa shape index (κ2) is 8.04. The van der Waals surface area contributed by atoms with Gasteiger partial charge in [-0.2, -0.15) is 0 Å². The number of carbonyl (C=O) groups excluding carboxylic acids is 1. The summed E-state index contributed by atoms with van der Waals surface area (Å²) in [7, 11) is 0. The minimum Gasteiger partial charge on any atom is -0.353 e. The molecule has 1 aromatic carbocycles. The van der Waals surface area contributed by atoms with E-state index >= 15 is 0 Å². The molecule has 7 nitrogen and oxygen atoms in total. The van der Waals surface area contributed by atoms with Crippen molar-refractivity contribution in [2.75, 3.05) is 38.0 Å². The van der Waals surface area contributed by atoms with Gasteiger partial charge in [0.05, 0.1) is 12.4 Å². The van der Waals surface area contributed by atoms with Gasteiger partial charge in [0, 0.05) is 44.5 Å². The summed E-state index contributed by atoms with van der Waals surface area (Å²) in [6, 6.07) is 8.32. The van der Waals surface area contributed by atoms with Gasteiger partial charge >= 0.3 is 6.03 Å². The van der Waals surface area contributed by atoms with Crippen molar-refractivity contribution in [3.63, 3.8) is 0 Å². The van der Waals surface area contributed by atoms with Crippen LogP contribution in [0.2, 0.25) is 0 Å². The number of urea groups is 1. The van der Waals surface area contributed by atoms with Crippen LogP contribution in [0.4, 0.5) is 10.5 Å². The SMILES string of the molecule is CCc1ccccc1NC(=O)N1CCN(C2=CC3=N[C@@H](CC)CN3C=N2)CC1. The van der Waals surface area contributed by atoms with Crippen molar-refractivity contribution < 1.29 is 4.79 Å². The van der Waals surface area contributed by atoms with Crippen LogP contribution in [-0.4, -0.2) is 71.7 Å². The van der Waals surface area contributed by atoms with Crippen LogP contribution in [0.5, 0.6) is 0 Å². The Labute approximate surface area is 166 Å². The minimum atomic E-state index is -0.0289. The zero-order valence-corrected chi connectivity index (χ0v) is 16.6. The number of benzene rings is 1. The summed E-state index contributed by atoms with van der Waals surface area (Å²) in [6.07, 6.45) is 5.91. The number of aryl methyl sites for hydroxylation is 1. The summed E-state index contributed by atoms with van der Waals surface area (Å²) in [5, 5.41) is 3.07. The number of nitrogens with one attached hydrogen (secondary N) is 1. The number of para-hydroxylation sites is 1. The van der Waals surface area contributed by atoms with Crippen LogP contribution in [0.1, 0.15) is 25.8 Å². The molecule has 1 saturated heterocycles. The maximum Gasteiger partial charge on any atom is 0.321 e. The zero-order valence-electron chi connectivity index (χ0n) is 16.6. The monoisotopic (exact) mass is 380 g/mol. The first-order chi connectivity index (χ1) is 13.7. The summed E-state index contributed by atoms with van der Waals surface area (Å²) in [5.41, 5.74) is 2.06. The summed E-state index contributed by atoms with van der Waals surface area (Å²) in [6.45, 7) is 8.10. The number of aliphatic imine (C=N–C) groups is 2. The van der Waals surface area contributed by atoms with Gasteiger partial charge in [-0.1, -0.05) is 32.0 Å². The number of hydrogen-bond donors (Lipinski definition) is 1. The molecule has 0 bridgehead atoms. The fourth-order valence-corrected chi connectivity index (χ4v) is 3.81. The van der Waals surface area contributed by atoms with Gasteiger partial charge in [0.15, 0.2) is 0 Å². The molecular formula is C21H28N6O. The third-order valence-electron chi connectivity index (χ3n) is 5.61. The molecule has 4 rings (SSSR count). The predicted octanol–water partition coefficient (Wildman–Crippen LogP) is 2.77. The van der Waals surface area contributed by atoms with E-state index in [1.807, 2.05) is 29.4 Å². The number of amidine groups is 1. The lowest BCUT2D eigenvalue weighted by atomic mass is 10.1. The average Bonchev–Trinajstić information content (AvgIpc) is 3.16. The highest BCUT2D eigenvalue weighted by molar-refractivity contribution is 6.03. The van der Waals surface area contributed by atoms with Crippen molar-refractivity contribution in [2.45, 2.75) is 32.7 Å². The van der Waals surface area contributed by atoms with Crippen LogP contribution < -0.4 is 5.32 Å². The maximum absolute atomic E-state index is 12.7. The minimum absolute atomic E-state index is 0.0289. The molecular weight excluding hydrogens is 352 g/mol. The Morgan fingerprint density at radius 3 is 2.71 bits per heavy atom. The van der Waals surface area contributed by atoms with Crippen LogP contribution in [0.3, 0.4) is 0 Å². The number of anilines is 1. The van der Waals surface area contributed by atoms with E-state index < -0.39 is 0 Å². The number of fused-ring (bicyclic) bond motifs is 1. The van der Waals surface area contributed by atoms with Crippen molar-refractivity contribution in [2.24, 2.45) is 9.98 Å². The molecule has 1 aromatic rings. The molecule has 0 unspecified atom stereocenters. The molecule has 1 atom stereocenters. The van der Waals surface area contributed by atoms with Gasteiger partial charge in [0.25, 0.3) is 0 Å². The van der Waals surface area contributed by atoms with E-state index in [1.165, 1.54) is 0 Å². The smallest absolute Gasteiger partial charge is 0.321 e. The lowest BCUT2D eigenvalue weighted by Crippen LogP contribution is -2.50. The molecule has 7 heteroatoms. The zero-order chi connectivity index (χ0) is 19.5. The Hall–Kier alpha value is -2.83. The van der Waals surface area contributed by atoms with E-state index in [2.05, 4.69) is 46.1 Å². The Balaban J connectivity index is 1.35. The Morgan fingerprint density at radius 1 is 1.18 bits per heavy atom. The number of carbonyl (C=O) groups is 1. The maximum atomic E-state index is 12.7. The van der Waals surface area contributed by atoms with Gasteiger partial charge in [-0.3, -0.25) is 4.99 Å². The molecule has 0 radical (unpaired) electrons. The van der Waals surface area contributed by atoms with Crippen LogP contribution in [-0.2, 0) is 6.42 Å². The summed E-state index contributed by atoms with van der Waals surface area (Å²) in [4.78, 5) is 28.3. The lowest BCUT2D eigenvalue weighted by Gasteiger charge is -2.36. The second-order valence-electron chi connectivity index (χ2n) is 7.36. The van der Waals surface area contributed by atoms with Crippen molar-refractivity contribution in [1.29, 1.82) is 0 Å². The highest BCUT2D eigenvalue weighted by atomic mass is 16.2. The topological polar surface area (TPSA) is 63.5 Å². The molecule has 0 aliphatic carbocycles. The summed E-state index contributed by atoms with van der Waals surface area (Å²) >= 11 is 0. The van der Waals surface area contributed by atoms with Gasteiger partial charge < -0.3 is 20.0 Å². The Morgan fingerprint density at radius 2 is 1.96 bits per heavy atom. The van der Waals surface area contributed by atoms with E-state index in [4.69, 9.17) is 4.99 Å². The summed E-state index contributed by atoms with van der Waals surface area (Å²) < 4.78 is 0.